The van der Waals surface area contributed by atoms with E-state index in [1.54, 1.807) is 38.2 Å². The van der Waals surface area contributed by atoms with Crippen LogP contribution in [0, 0.1) is 17.8 Å². The second-order valence-corrected chi connectivity index (χ2v) is 14.9. The topological polar surface area (TPSA) is 130 Å². The third kappa shape index (κ3) is 8.60. The van der Waals surface area contributed by atoms with E-state index in [1.165, 1.54) is 16.8 Å². The number of aromatic nitrogens is 4. The lowest BCUT2D eigenvalue weighted by Gasteiger charge is -2.39. The molecule has 0 radical (unpaired) electrons. The number of nitrogens with zero attached hydrogens (tertiary/aromatic N) is 5. The van der Waals surface area contributed by atoms with Gasteiger partial charge in [0.05, 0.1) is 24.6 Å². The molecule has 4 heterocycles. The first-order valence-electron chi connectivity index (χ1n) is 17.5. The van der Waals surface area contributed by atoms with E-state index in [0.29, 0.717) is 62.1 Å². The number of anilines is 2. The molecular weight excluding hydrogens is 675 g/mol. The highest BCUT2D eigenvalue weighted by Gasteiger charge is 2.46. The van der Waals surface area contributed by atoms with Crippen LogP contribution in [0.3, 0.4) is 0 Å². The summed E-state index contributed by atoms with van der Waals surface area (Å²) in [7, 11) is 0. The molecule has 2 fully saturated rings. The van der Waals surface area contributed by atoms with Crippen LogP contribution in [-0.4, -0.2) is 70.8 Å². The molecule has 0 bridgehead atoms. The van der Waals surface area contributed by atoms with Crippen molar-refractivity contribution in [2.24, 2.45) is 10.8 Å². The Morgan fingerprint density at radius 1 is 1.04 bits per heavy atom. The first-order valence-corrected chi connectivity index (χ1v) is 17.5. The van der Waals surface area contributed by atoms with Crippen LogP contribution in [0.2, 0.25) is 0 Å². The molecule has 52 heavy (non-hydrogen) atoms. The number of carbonyl (C=O) groups excluding carboxylic acids is 1. The number of alkyl halides is 3. The van der Waals surface area contributed by atoms with Crippen LogP contribution >= 0.6 is 0 Å². The van der Waals surface area contributed by atoms with E-state index in [2.05, 4.69) is 41.2 Å². The highest BCUT2D eigenvalue weighted by Crippen LogP contribution is 2.43. The van der Waals surface area contributed by atoms with E-state index in [4.69, 9.17) is 19.9 Å². The standard InChI is InChI=1S/C38H46F3N7O4/c1-6-50-34(49)29-21-37(22-43-29)14-17-47(18-15-37)31-20-32(45-35(42)44-31)52-33(38(39,40)41)28-12-9-26(19-30(28)48-16-13-24(2)46-48)25-7-10-27(11-8-25)51-23-36(3,4)5/h7-13,16,19-20,29,33,43H,6,14-15,17-18,21-23H2,1-5H3,(H2,42,44,45)/t29-,33+/m0/s1. The fraction of sp³-hybridized carbons (Fsp3) is 0.474. The zero-order valence-corrected chi connectivity index (χ0v) is 30.2. The number of carbonyl (C=O) groups is 1. The van der Waals surface area contributed by atoms with Gasteiger partial charge < -0.3 is 30.2 Å². The number of rotatable bonds is 10. The van der Waals surface area contributed by atoms with Crippen LogP contribution in [0.5, 0.6) is 11.6 Å². The van der Waals surface area contributed by atoms with Gasteiger partial charge in [-0.3, -0.25) is 4.79 Å². The van der Waals surface area contributed by atoms with Gasteiger partial charge in [-0.05, 0) is 79.3 Å². The number of benzene rings is 2. The third-order valence-corrected chi connectivity index (χ3v) is 9.46. The molecule has 2 aliphatic heterocycles. The summed E-state index contributed by atoms with van der Waals surface area (Å²) in [5, 5.41) is 7.73. The molecule has 0 amide bonds. The highest BCUT2D eigenvalue weighted by molar-refractivity contribution is 5.76. The van der Waals surface area contributed by atoms with Crippen LogP contribution in [0.4, 0.5) is 24.9 Å². The van der Waals surface area contributed by atoms with Gasteiger partial charge in [-0.25, -0.2) is 4.68 Å². The summed E-state index contributed by atoms with van der Waals surface area (Å²) in [6.45, 7) is 12.5. The van der Waals surface area contributed by atoms with Crippen molar-refractivity contribution in [2.45, 2.75) is 72.2 Å². The monoisotopic (exact) mass is 721 g/mol. The van der Waals surface area contributed by atoms with Crippen LogP contribution in [0.1, 0.15) is 64.3 Å². The van der Waals surface area contributed by atoms with E-state index < -0.39 is 12.3 Å². The predicted molar refractivity (Wildman–Crippen MR) is 191 cm³/mol. The molecule has 2 aliphatic rings. The number of piperidine rings is 1. The number of hydrogen-bond donors (Lipinski definition) is 2. The second kappa shape index (κ2) is 14.6. The average molecular weight is 722 g/mol. The second-order valence-electron chi connectivity index (χ2n) is 14.9. The molecule has 0 unspecified atom stereocenters. The molecule has 4 aromatic rings. The molecule has 2 saturated heterocycles. The van der Waals surface area contributed by atoms with Gasteiger partial charge in [0.2, 0.25) is 17.9 Å². The quantitative estimate of drug-likeness (QED) is 0.168. The zero-order chi connectivity index (χ0) is 37.3. The van der Waals surface area contributed by atoms with E-state index in [1.807, 2.05) is 29.2 Å². The summed E-state index contributed by atoms with van der Waals surface area (Å²) in [6.07, 6.45) is -3.42. The fourth-order valence-electron chi connectivity index (χ4n) is 6.73. The number of nitrogens with one attached hydrogen (secondary N) is 1. The summed E-state index contributed by atoms with van der Waals surface area (Å²) in [6, 6.07) is 14.9. The maximum Gasteiger partial charge on any atom is 0.429 e. The minimum absolute atomic E-state index is 0.0105. The fourth-order valence-corrected chi connectivity index (χ4v) is 6.73. The first kappa shape index (κ1) is 36.9. The number of aryl methyl sites for hydroxylation is 1. The third-order valence-electron chi connectivity index (χ3n) is 9.46. The maximum absolute atomic E-state index is 15.0. The van der Waals surface area contributed by atoms with Crippen molar-refractivity contribution in [3.8, 4) is 28.4 Å². The Balaban J connectivity index is 1.25. The number of esters is 1. The van der Waals surface area contributed by atoms with Crippen molar-refractivity contribution in [1.29, 1.82) is 0 Å². The van der Waals surface area contributed by atoms with Gasteiger partial charge in [-0.2, -0.15) is 28.2 Å². The highest BCUT2D eigenvalue weighted by atomic mass is 19.4. The molecule has 2 aromatic carbocycles. The van der Waals surface area contributed by atoms with Crippen molar-refractivity contribution in [3.05, 3.63) is 72.1 Å². The summed E-state index contributed by atoms with van der Waals surface area (Å²) in [4.78, 5) is 22.7. The Labute approximate surface area is 301 Å². The number of halogens is 3. The van der Waals surface area contributed by atoms with Crippen molar-refractivity contribution in [3.63, 3.8) is 0 Å². The number of hydrogen-bond acceptors (Lipinski definition) is 10. The normalized spacial score (nSPS) is 18.0. The molecule has 6 rings (SSSR count). The van der Waals surface area contributed by atoms with E-state index >= 15 is 0 Å². The lowest BCUT2D eigenvalue weighted by Crippen LogP contribution is -2.41. The van der Waals surface area contributed by atoms with Crippen molar-refractivity contribution in [2.75, 3.05) is 43.5 Å². The van der Waals surface area contributed by atoms with Crippen LogP contribution in [-0.2, 0) is 9.53 Å². The minimum Gasteiger partial charge on any atom is -0.493 e. The molecule has 0 saturated carbocycles. The van der Waals surface area contributed by atoms with Crippen molar-refractivity contribution < 1.29 is 32.2 Å². The number of nitrogens with two attached hydrogens (primary N) is 1. The Morgan fingerprint density at radius 3 is 2.38 bits per heavy atom. The molecule has 11 nitrogen and oxygen atoms in total. The average Bonchev–Trinajstić information content (AvgIpc) is 3.72. The molecule has 3 N–H and O–H groups in total. The Morgan fingerprint density at radius 2 is 1.75 bits per heavy atom. The van der Waals surface area contributed by atoms with Crippen LogP contribution < -0.4 is 25.4 Å². The Hall–Kier alpha value is -4.85. The van der Waals surface area contributed by atoms with Crippen molar-refractivity contribution >= 4 is 17.7 Å². The van der Waals surface area contributed by atoms with Gasteiger partial charge in [-0.1, -0.05) is 45.0 Å². The SMILES string of the molecule is CCOC(=O)[C@@H]1CC2(CCN(c3cc(O[C@H](c4ccc(-c5ccc(OCC(C)(C)C)cc5)cc4-n4ccc(C)n4)C(F)(F)F)nc(N)n3)CC2)CN1. The predicted octanol–water partition coefficient (Wildman–Crippen LogP) is 6.84. The molecule has 14 heteroatoms. The molecular formula is C38H46F3N7O4. The summed E-state index contributed by atoms with van der Waals surface area (Å²) in [5.74, 6) is 0.330. The van der Waals surface area contributed by atoms with E-state index in [9.17, 15) is 18.0 Å². The van der Waals surface area contributed by atoms with Crippen molar-refractivity contribution in [1.82, 2.24) is 25.1 Å². The maximum atomic E-state index is 15.0. The van der Waals surface area contributed by atoms with Gasteiger partial charge >= 0.3 is 12.1 Å². The number of ether oxygens (including phenoxy) is 3. The summed E-state index contributed by atoms with van der Waals surface area (Å²) in [5.41, 5.74) is 8.15. The lowest BCUT2D eigenvalue weighted by molar-refractivity contribution is -0.198. The van der Waals surface area contributed by atoms with Gasteiger partial charge in [0, 0.05) is 37.5 Å². The van der Waals surface area contributed by atoms with Crippen LogP contribution in [0.25, 0.3) is 16.8 Å². The molecule has 1 spiro atoms. The molecule has 0 aliphatic carbocycles. The minimum atomic E-state index is -4.83. The number of nitrogen functional groups attached to an aromatic ring is 1. The zero-order valence-electron chi connectivity index (χ0n) is 30.2. The van der Waals surface area contributed by atoms with Crippen LogP contribution in [0.15, 0.2) is 60.8 Å². The first-order chi connectivity index (χ1) is 24.6. The summed E-state index contributed by atoms with van der Waals surface area (Å²) < 4.78 is 63.2. The molecule has 278 valence electrons. The molecule has 2 aromatic heterocycles. The van der Waals surface area contributed by atoms with Gasteiger partial charge in [0.25, 0.3) is 0 Å². The van der Waals surface area contributed by atoms with E-state index in [0.717, 1.165) is 18.4 Å². The Kier molecular flexibility index (Phi) is 10.4. The van der Waals surface area contributed by atoms with Gasteiger partial charge in [-0.15, -0.1) is 0 Å². The Bertz CT molecular complexity index is 1870. The van der Waals surface area contributed by atoms with Gasteiger partial charge in [0.1, 0.15) is 17.6 Å². The molecule has 2 atom stereocenters. The largest absolute Gasteiger partial charge is 0.493 e. The van der Waals surface area contributed by atoms with Gasteiger partial charge in [0.15, 0.2) is 0 Å². The smallest absolute Gasteiger partial charge is 0.429 e. The van der Waals surface area contributed by atoms with E-state index in [-0.39, 0.29) is 45.9 Å². The lowest BCUT2D eigenvalue weighted by atomic mass is 9.76. The summed E-state index contributed by atoms with van der Waals surface area (Å²) >= 11 is 0.